The molecule has 1 saturated heterocycles. The number of amides is 1. The number of nitrogens with zero attached hydrogens (tertiary/aromatic N) is 3. The Balaban J connectivity index is 1.61. The number of rotatable bonds is 3. The molecule has 0 radical (unpaired) electrons. The summed E-state index contributed by atoms with van der Waals surface area (Å²) in [7, 11) is 1.37. The van der Waals surface area contributed by atoms with Crippen molar-refractivity contribution in [3.8, 4) is 0 Å². The van der Waals surface area contributed by atoms with Crippen LogP contribution in [0.4, 0.5) is 5.82 Å². The fourth-order valence-electron chi connectivity index (χ4n) is 3.64. The minimum absolute atomic E-state index is 0.247. The molecule has 1 aliphatic carbocycles. The molecule has 6 heteroatoms. The van der Waals surface area contributed by atoms with Gasteiger partial charge in [0.1, 0.15) is 5.82 Å². The van der Waals surface area contributed by atoms with Crippen LogP contribution in [-0.4, -0.2) is 55.0 Å². The van der Waals surface area contributed by atoms with Gasteiger partial charge in [-0.05, 0) is 31.9 Å². The Hall–Kier alpha value is -2.11. The van der Waals surface area contributed by atoms with Gasteiger partial charge < -0.3 is 14.5 Å². The Kier molecular flexibility index (Phi) is 5.02. The van der Waals surface area contributed by atoms with Crippen LogP contribution in [0.3, 0.4) is 0 Å². The van der Waals surface area contributed by atoms with E-state index >= 15 is 0 Å². The van der Waals surface area contributed by atoms with Gasteiger partial charge in [0.15, 0.2) is 0 Å². The van der Waals surface area contributed by atoms with Gasteiger partial charge in [0.2, 0.25) is 5.91 Å². The molecular formula is C18H25N3O3. The molecule has 1 aromatic rings. The highest BCUT2D eigenvalue weighted by Crippen LogP contribution is 2.27. The van der Waals surface area contributed by atoms with Gasteiger partial charge in [-0.1, -0.05) is 12.8 Å². The molecule has 0 spiro atoms. The number of carbonyl (C=O) groups excluding carboxylic acids is 2. The molecule has 0 bridgehead atoms. The van der Waals surface area contributed by atoms with Gasteiger partial charge in [-0.15, -0.1) is 0 Å². The predicted molar refractivity (Wildman–Crippen MR) is 91.1 cm³/mol. The molecule has 0 atom stereocenters. The molecule has 3 rings (SSSR count). The molecule has 1 saturated carbocycles. The molecular weight excluding hydrogens is 306 g/mol. The summed E-state index contributed by atoms with van der Waals surface area (Å²) in [6, 6.07) is 3.62. The van der Waals surface area contributed by atoms with Crippen molar-refractivity contribution in [3.05, 3.63) is 23.4 Å². The van der Waals surface area contributed by atoms with E-state index in [1.807, 2.05) is 17.9 Å². The largest absolute Gasteiger partial charge is 0.465 e. The van der Waals surface area contributed by atoms with Crippen LogP contribution in [0.1, 0.15) is 41.7 Å². The Labute approximate surface area is 142 Å². The third-order valence-corrected chi connectivity index (χ3v) is 5.10. The van der Waals surface area contributed by atoms with E-state index in [1.54, 1.807) is 6.07 Å². The predicted octanol–water partition coefficient (Wildman–Crippen LogP) is 2.02. The van der Waals surface area contributed by atoms with E-state index in [-0.39, 0.29) is 11.9 Å². The molecule has 1 aromatic heterocycles. The lowest BCUT2D eigenvalue weighted by molar-refractivity contribution is -0.135. The van der Waals surface area contributed by atoms with E-state index in [9.17, 15) is 9.59 Å². The fraction of sp³-hybridized carbons (Fsp3) is 0.611. The van der Waals surface area contributed by atoms with Crippen molar-refractivity contribution in [2.24, 2.45) is 5.92 Å². The quantitative estimate of drug-likeness (QED) is 0.793. The topological polar surface area (TPSA) is 62.7 Å². The second kappa shape index (κ2) is 7.20. The maximum absolute atomic E-state index is 12.5. The average Bonchev–Trinajstić information content (AvgIpc) is 3.15. The molecule has 24 heavy (non-hydrogen) atoms. The monoisotopic (exact) mass is 331 g/mol. The highest BCUT2D eigenvalue weighted by molar-refractivity contribution is 5.90. The lowest BCUT2D eigenvalue weighted by Gasteiger charge is -2.36. The molecule has 2 fully saturated rings. The van der Waals surface area contributed by atoms with E-state index in [0.29, 0.717) is 17.2 Å². The summed E-state index contributed by atoms with van der Waals surface area (Å²) < 4.78 is 4.75. The van der Waals surface area contributed by atoms with Crippen LogP contribution in [0.15, 0.2) is 12.1 Å². The zero-order valence-corrected chi connectivity index (χ0v) is 14.5. The van der Waals surface area contributed by atoms with Crippen LogP contribution in [0.5, 0.6) is 0 Å². The first-order chi connectivity index (χ1) is 11.6. The summed E-state index contributed by atoms with van der Waals surface area (Å²) in [6.45, 7) is 4.87. The standard InChI is InChI=1S/C18H25N3O3/c1-13-15(18(23)24-2)7-8-16(19-13)20-9-11-21(12-10-20)17(22)14-5-3-4-6-14/h7-8,14H,3-6,9-12H2,1-2H3. The number of ether oxygens (including phenoxy) is 1. The van der Waals surface area contributed by atoms with E-state index in [4.69, 9.17) is 4.74 Å². The van der Waals surface area contributed by atoms with Gasteiger partial charge in [0.25, 0.3) is 0 Å². The summed E-state index contributed by atoms with van der Waals surface area (Å²) >= 11 is 0. The lowest BCUT2D eigenvalue weighted by atomic mass is 10.1. The Morgan fingerprint density at radius 3 is 2.38 bits per heavy atom. The number of piperazine rings is 1. The highest BCUT2D eigenvalue weighted by Gasteiger charge is 2.29. The summed E-state index contributed by atoms with van der Waals surface area (Å²) in [5.74, 6) is 1.07. The van der Waals surface area contributed by atoms with Crippen LogP contribution < -0.4 is 4.90 Å². The third-order valence-electron chi connectivity index (χ3n) is 5.10. The van der Waals surface area contributed by atoms with Gasteiger partial charge in [0, 0.05) is 32.1 Å². The number of esters is 1. The second-order valence-corrected chi connectivity index (χ2v) is 6.59. The maximum Gasteiger partial charge on any atom is 0.339 e. The Morgan fingerprint density at radius 2 is 1.79 bits per heavy atom. The summed E-state index contributed by atoms with van der Waals surface area (Å²) in [5, 5.41) is 0. The number of methoxy groups -OCH3 is 1. The Bertz CT molecular complexity index is 618. The van der Waals surface area contributed by atoms with Crippen LogP contribution in [0, 0.1) is 12.8 Å². The van der Waals surface area contributed by atoms with Gasteiger partial charge in [-0.25, -0.2) is 9.78 Å². The van der Waals surface area contributed by atoms with Crippen LogP contribution in [0.25, 0.3) is 0 Å². The number of aryl methyl sites for hydroxylation is 1. The van der Waals surface area contributed by atoms with Crippen molar-refractivity contribution in [1.82, 2.24) is 9.88 Å². The van der Waals surface area contributed by atoms with Gasteiger partial charge >= 0.3 is 5.97 Å². The zero-order valence-electron chi connectivity index (χ0n) is 14.5. The first-order valence-electron chi connectivity index (χ1n) is 8.70. The smallest absolute Gasteiger partial charge is 0.339 e. The third kappa shape index (κ3) is 3.37. The van der Waals surface area contributed by atoms with Gasteiger partial charge in [-0.2, -0.15) is 0 Å². The summed E-state index contributed by atoms with van der Waals surface area (Å²) in [5.41, 5.74) is 1.17. The summed E-state index contributed by atoms with van der Waals surface area (Å²) in [4.78, 5) is 32.8. The molecule has 2 heterocycles. The SMILES string of the molecule is COC(=O)c1ccc(N2CCN(C(=O)C3CCCC3)CC2)nc1C. The molecule has 1 aliphatic heterocycles. The van der Waals surface area contributed by atoms with Crippen LogP contribution >= 0.6 is 0 Å². The van der Waals surface area contributed by atoms with E-state index in [2.05, 4.69) is 9.88 Å². The Morgan fingerprint density at radius 1 is 1.12 bits per heavy atom. The number of carbonyl (C=O) groups is 2. The average molecular weight is 331 g/mol. The minimum atomic E-state index is -0.362. The lowest BCUT2D eigenvalue weighted by Crippen LogP contribution is -2.50. The number of hydrogen-bond acceptors (Lipinski definition) is 5. The van der Waals surface area contributed by atoms with Crippen molar-refractivity contribution < 1.29 is 14.3 Å². The number of pyridine rings is 1. The molecule has 0 N–H and O–H groups in total. The first kappa shape index (κ1) is 16.7. The van der Waals surface area contributed by atoms with Crippen molar-refractivity contribution in [1.29, 1.82) is 0 Å². The van der Waals surface area contributed by atoms with Gasteiger partial charge in [-0.3, -0.25) is 4.79 Å². The summed E-state index contributed by atoms with van der Waals surface area (Å²) in [6.07, 6.45) is 4.47. The van der Waals surface area contributed by atoms with Gasteiger partial charge in [0.05, 0.1) is 18.4 Å². The maximum atomic E-state index is 12.5. The van der Waals surface area contributed by atoms with Crippen molar-refractivity contribution >= 4 is 17.7 Å². The van der Waals surface area contributed by atoms with Crippen molar-refractivity contribution in [3.63, 3.8) is 0 Å². The first-order valence-corrected chi connectivity index (χ1v) is 8.70. The normalized spacial score (nSPS) is 18.8. The highest BCUT2D eigenvalue weighted by atomic mass is 16.5. The van der Waals surface area contributed by atoms with Crippen molar-refractivity contribution in [2.75, 3.05) is 38.2 Å². The van der Waals surface area contributed by atoms with Crippen molar-refractivity contribution in [2.45, 2.75) is 32.6 Å². The molecule has 0 unspecified atom stereocenters. The number of aromatic nitrogens is 1. The minimum Gasteiger partial charge on any atom is -0.465 e. The fourth-order valence-corrected chi connectivity index (χ4v) is 3.64. The van der Waals surface area contributed by atoms with Crippen LogP contribution in [0.2, 0.25) is 0 Å². The molecule has 6 nitrogen and oxygen atoms in total. The molecule has 2 aliphatic rings. The molecule has 130 valence electrons. The van der Waals surface area contributed by atoms with E-state index < -0.39 is 0 Å². The van der Waals surface area contributed by atoms with Crippen LogP contribution in [-0.2, 0) is 9.53 Å². The number of hydrogen-bond donors (Lipinski definition) is 0. The van der Waals surface area contributed by atoms with E-state index in [1.165, 1.54) is 20.0 Å². The van der Waals surface area contributed by atoms with E-state index in [0.717, 1.165) is 44.8 Å². The number of anilines is 1. The second-order valence-electron chi connectivity index (χ2n) is 6.59. The molecule has 1 amide bonds. The molecule has 0 aromatic carbocycles. The zero-order chi connectivity index (χ0) is 17.1.